The molecule has 4 saturated carbocycles. The highest BCUT2D eigenvalue weighted by molar-refractivity contribution is 5.11. The summed E-state index contributed by atoms with van der Waals surface area (Å²) in [7, 11) is 1.84. The zero-order valence-corrected chi connectivity index (χ0v) is 20.1. The first-order chi connectivity index (χ1) is 14.3. The summed E-state index contributed by atoms with van der Waals surface area (Å²) in [6.07, 6.45) is 15.5. The van der Waals surface area contributed by atoms with E-state index in [2.05, 4.69) is 20.8 Å². The van der Waals surface area contributed by atoms with E-state index in [4.69, 9.17) is 4.74 Å². The molecule has 30 heavy (non-hydrogen) atoms. The first-order valence-corrected chi connectivity index (χ1v) is 13.2. The molecular weight excluding hydrogens is 372 g/mol. The van der Waals surface area contributed by atoms with Crippen molar-refractivity contribution in [2.24, 2.45) is 40.4 Å². The predicted octanol–water partition coefficient (Wildman–Crippen LogP) is 5.96. The fourth-order valence-electron chi connectivity index (χ4n) is 9.13. The molecule has 0 bridgehead atoms. The molecule has 4 aliphatic rings. The Labute approximate surface area is 185 Å². The third-order valence-corrected chi connectivity index (χ3v) is 10.9. The molecule has 0 heterocycles. The highest BCUT2D eigenvalue weighted by atomic mass is 16.5. The Morgan fingerprint density at radius 2 is 1.63 bits per heavy atom. The maximum Gasteiger partial charge on any atom is 0.0577 e. The van der Waals surface area contributed by atoms with Crippen LogP contribution in [0.25, 0.3) is 0 Å². The first kappa shape index (κ1) is 23.1. The van der Waals surface area contributed by atoms with Gasteiger partial charge in [-0.1, -0.05) is 46.5 Å². The Kier molecular flexibility index (Phi) is 6.93. The average Bonchev–Trinajstić information content (AvgIpc) is 3.08. The summed E-state index contributed by atoms with van der Waals surface area (Å²) in [6, 6.07) is 0. The smallest absolute Gasteiger partial charge is 0.0577 e. The van der Waals surface area contributed by atoms with Crippen LogP contribution in [-0.4, -0.2) is 35.6 Å². The van der Waals surface area contributed by atoms with E-state index in [0.717, 1.165) is 31.6 Å². The second kappa shape index (κ2) is 9.02. The van der Waals surface area contributed by atoms with Crippen LogP contribution in [0.1, 0.15) is 104 Å². The Morgan fingerprint density at radius 1 is 0.900 bits per heavy atom. The molecule has 0 aromatic rings. The van der Waals surface area contributed by atoms with Gasteiger partial charge in [-0.05, 0) is 98.2 Å². The summed E-state index contributed by atoms with van der Waals surface area (Å²) in [4.78, 5) is 0. The molecule has 3 heteroatoms. The number of aliphatic hydroxyl groups excluding tert-OH is 2. The summed E-state index contributed by atoms with van der Waals surface area (Å²) in [5, 5.41) is 22.4. The highest BCUT2D eigenvalue weighted by Gasteiger charge is 2.62. The minimum atomic E-state index is -0.172. The van der Waals surface area contributed by atoms with Gasteiger partial charge in [-0.25, -0.2) is 0 Å². The minimum Gasteiger partial charge on any atom is -0.393 e. The van der Waals surface area contributed by atoms with E-state index >= 15 is 0 Å². The molecule has 10 atom stereocenters. The van der Waals surface area contributed by atoms with Crippen LogP contribution in [0.15, 0.2) is 0 Å². The molecule has 0 amide bonds. The number of methoxy groups -OCH3 is 1. The first-order valence-electron chi connectivity index (χ1n) is 13.2. The van der Waals surface area contributed by atoms with Crippen LogP contribution in [0.4, 0.5) is 0 Å². The number of hydrogen-bond acceptors (Lipinski definition) is 3. The summed E-state index contributed by atoms with van der Waals surface area (Å²) in [5.74, 6) is 2.97. The van der Waals surface area contributed by atoms with Crippen molar-refractivity contribution in [1.29, 1.82) is 0 Å². The molecule has 0 aromatic heterocycles. The van der Waals surface area contributed by atoms with Crippen LogP contribution in [-0.2, 0) is 4.74 Å². The van der Waals surface area contributed by atoms with Crippen LogP contribution in [0.2, 0.25) is 0 Å². The van der Waals surface area contributed by atoms with E-state index in [9.17, 15) is 10.2 Å². The normalized spacial score (nSPS) is 49.2. The Balaban J connectivity index is 1.48. The number of rotatable bonds is 7. The van der Waals surface area contributed by atoms with Gasteiger partial charge in [0.05, 0.1) is 18.3 Å². The lowest BCUT2D eigenvalue weighted by Gasteiger charge is -2.62. The minimum absolute atomic E-state index is 0.123. The molecule has 0 aliphatic heterocycles. The maximum absolute atomic E-state index is 11.3. The van der Waals surface area contributed by atoms with Gasteiger partial charge >= 0.3 is 0 Å². The molecule has 4 fully saturated rings. The van der Waals surface area contributed by atoms with E-state index in [1.165, 1.54) is 57.8 Å². The van der Waals surface area contributed by atoms with E-state index in [1.807, 2.05) is 7.11 Å². The van der Waals surface area contributed by atoms with Crippen molar-refractivity contribution < 1.29 is 14.9 Å². The summed E-state index contributed by atoms with van der Waals surface area (Å²) in [5.41, 5.74) is 0.549. The van der Waals surface area contributed by atoms with Gasteiger partial charge in [-0.15, -0.1) is 0 Å². The van der Waals surface area contributed by atoms with Gasteiger partial charge in [0.1, 0.15) is 0 Å². The fraction of sp³-hybridized carbons (Fsp3) is 1.00. The van der Waals surface area contributed by atoms with Crippen molar-refractivity contribution in [3.63, 3.8) is 0 Å². The van der Waals surface area contributed by atoms with Gasteiger partial charge < -0.3 is 14.9 Å². The van der Waals surface area contributed by atoms with Gasteiger partial charge in [0, 0.05) is 7.11 Å². The molecule has 0 saturated heterocycles. The zero-order chi connectivity index (χ0) is 21.5. The van der Waals surface area contributed by atoms with Crippen LogP contribution in [0.5, 0.6) is 0 Å². The van der Waals surface area contributed by atoms with Crippen molar-refractivity contribution in [3.05, 3.63) is 0 Å². The topological polar surface area (TPSA) is 49.7 Å². The van der Waals surface area contributed by atoms with E-state index < -0.39 is 0 Å². The molecule has 174 valence electrons. The Hall–Kier alpha value is -0.120. The SMILES string of the molecule is CCCCCC[C@H](O)C1CCC2C3C[C@H](O)C4C[C@@H](OC)CC[C@]4(C)C3CC[C@@]21C. The summed E-state index contributed by atoms with van der Waals surface area (Å²) >= 11 is 0. The molecule has 5 unspecified atom stereocenters. The van der Waals surface area contributed by atoms with E-state index in [0.29, 0.717) is 29.8 Å². The molecule has 4 aliphatic carbocycles. The number of ether oxygens (including phenoxy) is 1. The number of aliphatic hydroxyl groups is 2. The lowest BCUT2D eigenvalue weighted by atomic mass is 9.44. The van der Waals surface area contributed by atoms with Crippen LogP contribution >= 0.6 is 0 Å². The third-order valence-electron chi connectivity index (χ3n) is 10.9. The van der Waals surface area contributed by atoms with Gasteiger partial charge in [-0.2, -0.15) is 0 Å². The molecular formula is C27H48O3. The predicted molar refractivity (Wildman–Crippen MR) is 122 cm³/mol. The van der Waals surface area contributed by atoms with Crippen molar-refractivity contribution >= 4 is 0 Å². The van der Waals surface area contributed by atoms with Crippen LogP contribution in [0.3, 0.4) is 0 Å². The van der Waals surface area contributed by atoms with Crippen molar-refractivity contribution in [2.75, 3.05) is 7.11 Å². The zero-order valence-electron chi connectivity index (χ0n) is 20.1. The number of hydrogen-bond donors (Lipinski definition) is 2. The van der Waals surface area contributed by atoms with Gasteiger partial charge in [0.2, 0.25) is 0 Å². The molecule has 4 rings (SSSR count). The quantitative estimate of drug-likeness (QED) is 0.499. The second-order valence-corrected chi connectivity index (χ2v) is 12.1. The molecule has 0 radical (unpaired) electrons. The molecule has 0 aromatic carbocycles. The average molecular weight is 421 g/mol. The second-order valence-electron chi connectivity index (χ2n) is 12.1. The van der Waals surface area contributed by atoms with Gasteiger partial charge in [0.25, 0.3) is 0 Å². The van der Waals surface area contributed by atoms with Crippen LogP contribution < -0.4 is 0 Å². The monoisotopic (exact) mass is 420 g/mol. The molecule has 0 spiro atoms. The molecule has 2 N–H and O–H groups in total. The third kappa shape index (κ3) is 3.79. The van der Waals surface area contributed by atoms with Crippen LogP contribution in [0, 0.1) is 40.4 Å². The van der Waals surface area contributed by atoms with Crippen molar-refractivity contribution in [3.8, 4) is 0 Å². The van der Waals surface area contributed by atoms with Gasteiger partial charge in [0.15, 0.2) is 0 Å². The number of unbranched alkanes of at least 4 members (excludes halogenated alkanes) is 3. The van der Waals surface area contributed by atoms with Crippen molar-refractivity contribution in [1.82, 2.24) is 0 Å². The van der Waals surface area contributed by atoms with Crippen molar-refractivity contribution in [2.45, 2.75) is 123 Å². The van der Waals surface area contributed by atoms with Gasteiger partial charge in [-0.3, -0.25) is 0 Å². The van der Waals surface area contributed by atoms with E-state index in [-0.39, 0.29) is 23.0 Å². The fourth-order valence-corrected chi connectivity index (χ4v) is 9.13. The standard InChI is InChI=1S/C27H48O3/c1-5-6-7-8-9-24(28)22-11-10-20-19-17-25(29)23-16-18(30-4)12-14-27(23,3)21(19)13-15-26(20,22)2/h18-25,28-29H,5-17H2,1-4H3/t18-,19?,20?,21?,22?,23?,24-,25-,26-,27+/m0/s1. The van der Waals surface area contributed by atoms with E-state index in [1.54, 1.807) is 0 Å². The largest absolute Gasteiger partial charge is 0.393 e. The lowest BCUT2D eigenvalue weighted by molar-refractivity contribution is -0.176. The number of fused-ring (bicyclic) bond motifs is 5. The summed E-state index contributed by atoms with van der Waals surface area (Å²) in [6.45, 7) is 7.26. The highest BCUT2D eigenvalue weighted by Crippen LogP contribution is 2.68. The molecule has 3 nitrogen and oxygen atoms in total. The Bertz CT molecular complexity index is 578. The Morgan fingerprint density at radius 3 is 2.37 bits per heavy atom. The summed E-state index contributed by atoms with van der Waals surface area (Å²) < 4.78 is 5.70. The lowest BCUT2D eigenvalue weighted by Crippen LogP contribution is -2.58. The maximum atomic E-state index is 11.3.